The number of hydrogen-bond donors (Lipinski definition) is 1. The fraction of sp³-hybridized carbons (Fsp3) is 0.350. The minimum absolute atomic E-state index is 0.130. The molecule has 4 heterocycles. The lowest BCUT2D eigenvalue weighted by Crippen LogP contribution is -2.46. The van der Waals surface area contributed by atoms with Crippen molar-refractivity contribution in [1.29, 1.82) is 0 Å². The highest BCUT2D eigenvalue weighted by Crippen LogP contribution is 2.24. The summed E-state index contributed by atoms with van der Waals surface area (Å²) in [6.07, 6.45) is 2.51. The summed E-state index contributed by atoms with van der Waals surface area (Å²) in [4.78, 5) is 29.7. The molecule has 28 heavy (non-hydrogen) atoms. The van der Waals surface area contributed by atoms with Crippen molar-refractivity contribution in [2.24, 2.45) is 0 Å². The molecule has 0 amide bonds. The first-order valence-corrected chi connectivity index (χ1v) is 10.6. The van der Waals surface area contributed by atoms with Gasteiger partial charge < -0.3 is 9.88 Å². The number of aromatic nitrogens is 3. The Morgan fingerprint density at radius 1 is 1.18 bits per heavy atom. The maximum Gasteiger partial charge on any atom is 0.251 e. The molecule has 1 saturated heterocycles. The predicted octanol–water partition coefficient (Wildman–Crippen LogP) is 3.43. The summed E-state index contributed by atoms with van der Waals surface area (Å²) >= 11 is 7.67. The molecule has 0 aromatic carbocycles. The molecule has 8 heteroatoms. The predicted molar refractivity (Wildman–Crippen MR) is 114 cm³/mol. The number of anilines is 1. The molecular weight excluding hydrogens is 394 g/mol. The van der Waals surface area contributed by atoms with E-state index in [1.54, 1.807) is 17.5 Å². The molecule has 3 aromatic rings. The average molecular weight is 416 g/mol. The topological polar surface area (TPSA) is 65.1 Å². The molecule has 0 saturated carbocycles. The van der Waals surface area contributed by atoms with Gasteiger partial charge in [0, 0.05) is 61.1 Å². The zero-order chi connectivity index (χ0) is 19.5. The van der Waals surface area contributed by atoms with Crippen molar-refractivity contribution in [3.8, 4) is 11.4 Å². The van der Waals surface area contributed by atoms with Crippen LogP contribution in [0.25, 0.3) is 11.4 Å². The fourth-order valence-electron chi connectivity index (χ4n) is 3.33. The first-order valence-electron chi connectivity index (χ1n) is 9.39. The molecule has 0 bridgehead atoms. The van der Waals surface area contributed by atoms with E-state index >= 15 is 0 Å². The molecule has 0 aliphatic carbocycles. The van der Waals surface area contributed by atoms with E-state index in [4.69, 9.17) is 11.6 Å². The van der Waals surface area contributed by atoms with Crippen LogP contribution in [0.4, 0.5) is 5.82 Å². The van der Waals surface area contributed by atoms with Crippen molar-refractivity contribution in [3.05, 3.63) is 61.8 Å². The Morgan fingerprint density at radius 3 is 2.64 bits per heavy atom. The summed E-state index contributed by atoms with van der Waals surface area (Å²) < 4.78 is 0.846. The molecule has 0 radical (unpaired) electrons. The number of nitrogens with one attached hydrogen (secondary N) is 1. The Bertz CT molecular complexity index is 992. The van der Waals surface area contributed by atoms with Crippen molar-refractivity contribution in [1.82, 2.24) is 19.9 Å². The SMILES string of the molecule is CCc1cc(=O)[nH]c(-c2ccc(N3CCN(Cc4ccc(Cl)s4)CC3)nc2)n1. The number of rotatable bonds is 5. The Labute approximate surface area is 172 Å². The van der Waals surface area contributed by atoms with E-state index in [1.165, 1.54) is 10.9 Å². The van der Waals surface area contributed by atoms with Gasteiger partial charge in [-0.2, -0.15) is 0 Å². The van der Waals surface area contributed by atoms with Crippen molar-refractivity contribution in [2.75, 3.05) is 31.1 Å². The maximum atomic E-state index is 11.8. The maximum absolute atomic E-state index is 11.8. The number of hydrogen-bond acceptors (Lipinski definition) is 6. The van der Waals surface area contributed by atoms with Crippen molar-refractivity contribution in [2.45, 2.75) is 19.9 Å². The second-order valence-corrected chi connectivity index (χ2v) is 8.61. The molecule has 146 valence electrons. The third-order valence-electron chi connectivity index (χ3n) is 4.88. The van der Waals surface area contributed by atoms with Gasteiger partial charge in [-0.1, -0.05) is 18.5 Å². The normalized spacial score (nSPS) is 15.1. The third-order valence-corrected chi connectivity index (χ3v) is 6.10. The number of aromatic amines is 1. The van der Waals surface area contributed by atoms with Gasteiger partial charge in [0.1, 0.15) is 11.6 Å². The van der Waals surface area contributed by atoms with E-state index in [1.807, 2.05) is 25.1 Å². The van der Waals surface area contributed by atoms with Gasteiger partial charge in [-0.15, -0.1) is 11.3 Å². The Kier molecular flexibility index (Phi) is 5.75. The zero-order valence-corrected chi connectivity index (χ0v) is 17.3. The average Bonchev–Trinajstić information content (AvgIpc) is 3.13. The molecule has 1 N–H and O–H groups in total. The minimum Gasteiger partial charge on any atom is -0.354 e. The van der Waals surface area contributed by atoms with Crippen molar-refractivity contribution >= 4 is 28.8 Å². The van der Waals surface area contributed by atoms with E-state index in [2.05, 4.69) is 30.8 Å². The third kappa shape index (κ3) is 4.43. The molecule has 4 rings (SSSR count). The number of pyridine rings is 1. The number of H-pyrrole nitrogens is 1. The van der Waals surface area contributed by atoms with Gasteiger partial charge in [0.05, 0.1) is 4.34 Å². The summed E-state index contributed by atoms with van der Waals surface area (Å²) in [6.45, 7) is 6.79. The lowest BCUT2D eigenvalue weighted by Gasteiger charge is -2.35. The van der Waals surface area contributed by atoms with Crippen LogP contribution in [0.5, 0.6) is 0 Å². The Hall–Kier alpha value is -2.22. The highest BCUT2D eigenvalue weighted by Gasteiger charge is 2.19. The van der Waals surface area contributed by atoms with Gasteiger partial charge in [0.15, 0.2) is 0 Å². The molecule has 6 nitrogen and oxygen atoms in total. The van der Waals surface area contributed by atoms with Crippen LogP contribution in [0.1, 0.15) is 17.5 Å². The molecular formula is C20H22ClN5OS. The molecule has 1 aliphatic rings. The first-order chi connectivity index (χ1) is 13.6. The van der Waals surface area contributed by atoms with Crippen LogP contribution in [0.2, 0.25) is 4.34 Å². The lowest BCUT2D eigenvalue weighted by molar-refractivity contribution is 0.251. The Balaban J connectivity index is 1.39. The summed E-state index contributed by atoms with van der Waals surface area (Å²) in [5.74, 6) is 1.53. The van der Waals surface area contributed by atoms with Crippen LogP contribution in [0.3, 0.4) is 0 Å². The molecule has 0 spiro atoms. The molecule has 0 atom stereocenters. The monoisotopic (exact) mass is 415 g/mol. The van der Waals surface area contributed by atoms with Gasteiger partial charge in [-0.3, -0.25) is 9.69 Å². The van der Waals surface area contributed by atoms with Gasteiger partial charge in [-0.25, -0.2) is 9.97 Å². The largest absolute Gasteiger partial charge is 0.354 e. The van der Waals surface area contributed by atoms with Crippen LogP contribution in [-0.4, -0.2) is 46.0 Å². The second-order valence-electron chi connectivity index (χ2n) is 6.81. The van der Waals surface area contributed by atoms with Crippen LogP contribution in [-0.2, 0) is 13.0 Å². The molecule has 3 aromatic heterocycles. The number of piperazine rings is 1. The quantitative estimate of drug-likeness (QED) is 0.691. The summed E-state index contributed by atoms with van der Waals surface area (Å²) in [7, 11) is 0. The van der Waals surface area contributed by atoms with E-state index in [9.17, 15) is 4.79 Å². The van der Waals surface area contributed by atoms with Crippen LogP contribution in [0.15, 0.2) is 41.3 Å². The standard InChI is InChI=1S/C20H22ClN5OS/c1-2-15-11-19(27)24-20(23-15)14-3-6-18(22-12-14)26-9-7-25(8-10-26)13-16-4-5-17(21)28-16/h3-6,11-12H,2,7-10,13H2,1H3,(H,23,24,27). The first kappa shape index (κ1) is 19.1. The summed E-state index contributed by atoms with van der Waals surface area (Å²) in [5, 5.41) is 0. The van der Waals surface area contributed by atoms with Crippen molar-refractivity contribution < 1.29 is 0 Å². The lowest BCUT2D eigenvalue weighted by atomic mass is 10.2. The number of halogens is 1. The van der Waals surface area contributed by atoms with E-state index in [-0.39, 0.29) is 5.56 Å². The highest BCUT2D eigenvalue weighted by atomic mass is 35.5. The molecule has 0 unspecified atom stereocenters. The minimum atomic E-state index is -0.130. The zero-order valence-electron chi connectivity index (χ0n) is 15.7. The van der Waals surface area contributed by atoms with Crippen LogP contribution >= 0.6 is 22.9 Å². The number of aryl methyl sites for hydroxylation is 1. The Morgan fingerprint density at radius 2 is 2.00 bits per heavy atom. The highest BCUT2D eigenvalue weighted by molar-refractivity contribution is 7.16. The van der Waals surface area contributed by atoms with E-state index in [0.717, 1.165) is 60.6 Å². The molecule has 1 aliphatic heterocycles. The van der Waals surface area contributed by atoms with E-state index < -0.39 is 0 Å². The molecule has 1 fully saturated rings. The van der Waals surface area contributed by atoms with Crippen LogP contribution in [0, 0.1) is 0 Å². The smallest absolute Gasteiger partial charge is 0.251 e. The van der Waals surface area contributed by atoms with Gasteiger partial charge in [0.2, 0.25) is 0 Å². The summed E-state index contributed by atoms with van der Waals surface area (Å²) in [5.41, 5.74) is 1.48. The second kappa shape index (κ2) is 8.43. The fourth-order valence-corrected chi connectivity index (χ4v) is 4.46. The number of thiophene rings is 1. The van der Waals surface area contributed by atoms with Gasteiger partial charge in [-0.05, 0) is 30.7 Å². The van der Waals surface area contributed by atoms with E-state index in [0.29, 0.717) is 5.82 Å². The van der Waals surface area contributed by atoms with Crippen molar-refractivity contribution in [3.63, 3.8) is 0 Å². The van der Waals surface area contributed by atoms with Crippen LogP contribution < -0.4 is 10.5 Å². The van der Waals surface area contributed by atoms with Gasteiger partial charge in [0.25, 0.3) is 5.56 Å². The summed E-state index contributed by atoms with van der Waals surface area (Å²) in [6, 6.07) is 9.57. The van der Waals surface area contributed by atoms with Gasteiger partial charge >= 0.3 is 0 Å². The number of nitrogens with zero attached hydrogens (tertiary/aromatic N) is 4.